The zero-order valence-electron chi connectivity index (χ0n) is 6.92. The molecule has 0 rings (SSSR count). The Balaban J connectivity index is -0.000000320. The van der Waals surface area contributed by atoms with Crippen LogP contribution >= 0.6 is 0 Å². The van der Waals surface area contributed by atoms with E-state index in [0.717, 1.165) is 0 Å². The Labute approximate surface area is 71.9 Å². The summed E-state index contributed by atoms with van der Waals surface area (Å²) in [6.45, 7) is 1.44. The van der Waals surface area contributed by atoms with Crippen LogP contribution in [0.3, 0.4) is 0 Å². The van der Waals surface area contributed by atoms with Crippen molar-refractivity contribution in [3.63, 3.8) is 0 Å². The van der Waals surface area contributed by atoms with E-state index < -0.39 is 17.9 Å². The molecular formula is C5H7LiO4. The Bertz CT molecular complexity index is 124. The summed E-state index contributed by atoms with van der Waals surface area (Å²) >= 11 is 0. The molecule has 0 atom stereocenters. The van der Waals surface area contributed by atoms with Crippen molar-refractivity contribution in [3.05, 3.63) is 0 Å². The fraction of sp³-hybridized carbons (Fsp3) is 0.600. The van der Waals surface area contributed by atoms with Gasteiger partial charge < -0.3 is 19.8 Å². The molecule has 0 bridgehead atoms. The van der Waals surface area contributed by atoms with Crippen LogP contribution in [-0.2, 0) is 9.59 Å². The summed E-state index contributed by atoms with van der Waals surface area (Å²) in [7, 11) is 0. The van der Waals surface area contributed by atoms with Gasteiger partial charge >= 0.3 is 20.3 Å². The van der Waals surface area contributed by atoms with Crippen LogP contribution in [-0.4, -0.2) is 11.9 Å². The molecule has 0 saturated carbocycles. The van der Waals surface area contributed by atoms with Crippen LogP contribution in [0.1, 0.15) is 14.8 Å². The smallest absolute Gasteiger partial charge is 0.549 e. The molecule has 0 aliphatic carbocycles. The third-order valence-corrected chi connectivity index (χ3v) is 0.977. The molecule has 52 valence electrons. The van der Waals surface area contributed by atoms with Crippen LogP contribution < -0.4 is 29.1 Å². The monoisotopic (exact) mass is 138 g/mol. The van der Waals surface area contributed by atoms with E-state index in [1.807, 2.05) is 0 Å². The number of rotatable bonds is 3. The zero-order chi connectivity index (χ0) is 7.44. The van der Waals surface area contributed by atoms with Crippen molar-refractivity contribution < 1.29 is 40.1 Å². The Kier molecular flexibility index (Phi) is 6.52. The van der Waals surface area contributed by atoms with Crippen molar-refractivity contribution in [1.82, 2.24) is 0 Å². The molecule has 0 aromatic rings. The van der Waals surface area contributed by atoms with Crippen LogP contribution in [0, 0.1) is 5.92 Å². The minimum absolute atomic E-state index is 0. The van der Waals surface area contributed by atoms with E-state index in [0.29, 0.717) is 0 Å². The summed E-state index contributed by atoms with van der Waals surface area (Å²) < 4.78 is 0. The van der Waals surface area contributed by atoms with Gasteiger partial charge in [-0.2, -0.15) is 0 Å². The topological polar surface area (TPSA) is 80.3 Å². The summed E-state index contributed by atoms with van der Waals surface area (Å²) in [5, 5.41) is 19.7. The molecule has 0 aliphatic heterocycles. The van der Waals surface area contributed by atoms with E-state index in [9.17, 15) is 19.8 Å². The first-order chi connectivity index (χ1) is 4.09. The molecule has 0 radical (unpaired) electrons. The van der Waals surface area contributed by atoms with Crippen LogP contribution in [0.4, 0.5) is 0 Å². The van der Waals surface area contributed by atoms with Crippen LogP contribution in [0.2, 0.25) is 0 Å². The number of hydrogen-bond acceptors (Lipinski definition) is 4. The van der Waals surface area contributed by atoms with E-state index >= 15 is 0 Å². The first-order valence-electron chi connectivity index (χ1n) is 2.51. The molecule has 5 heteroatoms. The average Bonchev–Trinajstić information content (AvgIpc) is 1.64. The van der Waals surface area contributed by atoms with Crippen LogP contribution in [0.25, 0.3) is 0 Å². The Morgan fingerprint density at radius 3 is 1.70 bits per heavy atom. The van der Waals surface area contributed by atoms with Crippen LogP contribution in [0.15, 0.2) is 0 Å². The molecule has 0 aromatic heterocycles. The van der Waals surface area contributed by atoms with Gasteiger partial charge in [0.1, 0.15) is 0 Å². The SMILES string of the molecule is CCC(C(=O)[O-])C(=O)[O-].[H+].[Li+]. The van der Waals surface area contributed by atoms with E-state index in [4.69, 9.17) is 0 Å². The summed E-state index contributed by atoms with van der Waals surface area (Å²) in [4.78, 5) is 19.7. The first kappa shape index (κ1) is 12.2. The van der Waals surface area contributed by atoms with Crippen molar-refractivity contribution in [2.24, 2.45) is 5.92 Å². The molecule has 0 amide bonds. The summed E-state index contributed by atoms with van der Waals surface area (Å²) in [5.41, 5.74) is 0. The van der Waals surface area contributed by atoms with Gasteiger partial charge in [0.05, 0.1) is 11.9 Å². The van der Waals surface area contributed by atoms with Gasteiger partial charge in [0, 0.05) is 5.92 Å². The van der Waals surface area contributed by atoms with Crippen molar-refractivity contribution in [2.45, 2.75) is 13.3 Å². The van der Waals surface area contributed by atoms with Gasteiger partial charge in [0.2, 0.25) is 0 Å². The molecule has 0 N–H and O–H groups in total. The number of carboxylic acids is 2. The fourth-order valence-corrected chi connectivity index (χ4v) is 0.430. The number of carboxylic acid groups (broad SMARTS) is 2. The normalized spacial score (nSPS) is 8.60. The maximum atomic E-state index is 9.84. The molecule has 0 spiro atoms. The van der Waals surface area contributed by atoms with Gasteiger partial charge in [-0.25, -0.2) is 0 Å². The van der Waals surface area contributed by atoms with Crippen LogP contribution in [0.5, 0.6) is 0 Å². The van der Waals surface area contributed by atoms with Crippen molar-refractivity contribution >= 4 is 11.9 Å². The molecule has 0 unspecified atom stereocenters. The van der Waals surface area contributed by atoms with Gasteiger partial charge in [-0.3, -0.25) is 0 Å². The van der Waals surface area contributed by atoms with E-state index in [2.05, 4.69) is 0 Å². The second-order valence-corrected chi connectivity index (χ2v) is 1.60. The number of aliphatic carboxylic acids is 2. The molecule has 0 aromatic carbocycles. The predicted molar refractivity (Wildman–Crippen MR) is 24.9 cm³/mol. The number of carbonyl (C=O) groups excluding carboxylic acids is 2. The molecule has 4 nitrogen and oxygen atoms in total. The summed E-state index contributed by atoms with van der Waals surface area (Å²) in [6, 6.07) is 0. The second-order valence-electron chi connectivity index (χ2n) is 1.60. The van der Waals surface area contributed by atoms with Crippen molar-refractivity contribution in [2.75, 3.05) is 0 Å². The molecule has 10 heavy (non-hydrogen) atoms. The quantitative estimate of drug-likeness (QED) is 0.288. The summed E-state index contributed by atoms with van der Waals surface area (Å²) in [5.74, 6) is -4.64. The Morgan fingerprint density at radius 2 is 1.70 bits per heavy atom. The minimum Gasteiger partial charge on any atom is -0.549 e. The summed E-state index contributed by atoms with van der Waals surface area (Å²) in [6.07, 6.45) is 0.00463. The van der Waals surface area contributed by atoms with Gasteiger partial charge in [-0.15, -0.1) is 0 Å². The third kappa shape index (κ3) is 3.54. The van der Waals surface area contributed by atoms with E-state index in [-0.39, 0.29) is 26.7 Å². The molecule has 0 heterocycles. The number of hydrogen-bond donors (Lipinski definition) is 0. The first-order valence-corrected chi connectivity index (χ1v) is 2.51. The maximum absolute atomic E-state index is 9.84. The van der Waals surface area contributed by atoms with E-state index in [1.54, 1.807) is 0 Å². The molecule has 0 saturated heterocycles. The van der Waals surface area contributed by atoms with Gasteiger partial charge in [0.25, 0.3) is 0 Å². The standard InChI is InChI=1S/C5H8O4.Li/c1-2-3(4(6)7)5(8)9;/h3H,2H2,1H3,(H,6,7)(H,8,9);/q;+1/p-1. The van der Waals surface area contributed by atoms with Gasteiger partial charge in [0.15, 0.2) is 0 Å². The zero-order valence-corrected chi connectivity index (χ0v) is 5.92. The van der Waals surface area contributed by atoms with Crippen molar-refractivity contribution in [3.8, 4) is 0 Å². The van der Waals surface area contributed by atoms with E-state index in [1.165, 1.54) is 6.92 Å². The third-order valence-electron chi connectivity index (χ3n) is 0.977. The Hall–Kier alpha value is -0.463. The van der Waals surface area contributed by atoms with Gasteiger partial charge in [-0.05, 0) is 6.42 Å². The number of carbonyl (C=O) groups is 2. The van der Waals surface area contributed by atoms with Crippen molar-refractivity contribution in [1.29, 1.82) is 0 Å². The maximum Gasteiger partial charge on any atom is 1.00 e. The average molecular weight is 138 g/mol. The fourth-order valence-electron chi connectivity index (χ4n) is 0.430. The molecule has 0 fully saturated rings. The largest absolute Gasteiger partial charge is 1.00 e. The second kappa shape index (κ2) is 5.33. The minimum atomic E-state index is -1.59. The van der Waals surface area contributed by atoms with Gasteiger partial charge in [-0.1, -0.05) is 6.92 Å². The predicted octanol–water partition coefficient (Wildman–Crippen LogP) is -5.37. The molecule has 0 aliphatic rings. The molecular weight excluding hydrogens is 131 g/mol. The Morgan fingerprint density at radius 1 is 1.40 bits per heavy atom.